The number of halogens is 1. The topological polar surface area (TPSA) is 74.7 Å². The lowest BCUT2D eigenvalue weighted by molar-refractivity contribution is 0.0529. The predicted molar refractivity (Wildman–Crippen MR) is 123 cm³/mol. The molecule has 0 saturated carbocycles. The van der Waals surface area contributed by atoms with E-state index in [0.717, 1.165) is 49.3 Å². The van der Waals surface area contributed by atoms with E-state index in [9.17, 15) is 0 Å². The number of rotatable bonds is 6. The maximum Gasteiger partial charge on any atom is 0.191 e. The maximum atomic E-state index is 5.62. The van der Waals surface area contributed by atoms with E-state index in [0.29, 0.717) is 13.1 Å². The summed E-state index contributed by atoms with van der Waals surface area (Å²) in [7, 11) is 0. The van der Waals surface area contributed by atoms with Gasteiger partial charge >= 0.3 is 0 Å². The molecule has 1 unspecified atom stereocenters. The van der Waals surface area contributed by atoms with Gasteiger partial charge in [0.2, 0.25) is 0 Å². The Labute approximate surface area is 184 Å². The molecule has 1 atom stereocenters. The van der Waals surface area contributed by atoms with Gasteiger partial charge in [0.15, 0.2) is 5.96 Å². The Balaban J connectivity index is 0.00000280. The highest BCUT2D eigenvalue weighted by Crippen LogP contribution is 2.16. The van der Waals surface area contributed by atoms with Gasteiger partial charge in [-0.1, -0.05) is 6.07 Å². The van der Waals surface area contributed by atoms with Crippen molar-refractivity contribution in [2.45, 2.75) is 33.0 Å². The van der Waals surface area contributed by atoms with Crippen molar-refractivity contribution in [1.82, 2.24) is 20.6 Å². The summed E-state index contributed by atoms with van der Waals surface area (Å²) in [4.78, 5) is 15.8. The first-order chi connectivity index (χ1) is 13.2. The van der Waals surface area contributed by atoms with Crippen molar-refractivity contribution < 1.29 is 4.74 Å². The predicted octanol–water partition coefficient (Wildman–Crippen LogP) is 2.58. The number of pyridine rings is 2. The van der Waals surface area contributed by atoms with Crippen LogP contribution in [0.4, 0.5) is 5.82 Å². The van der Waals surface area contributed by atoms with Crippen LogP contribution in [0.5, 0.6) is 0 Å². The lowest BCUT2D eigenvalue weighted by Crippen LogP contribution is -2.41. The van der Waals surface area contributed by atoms with Crippen LogP contribution in [-0.4, -0.2) is 48.3 Å². The van der Waals surface area contributed by atoms with Gasteiger partial charge in [0.1, 0.15) is 5.82 Å². The number of hydrogen-bond acceptors (Lipinski definition) is 5. The van der Waals surface area contributed by atoms with E-state index in [1.807, 2.05) is 30.5 Å². The fourth-order valence-electron chi connectivity index (χ4n) is 2.95. The van der Waals surface area contributed by atoms with Crippen LogP contribution < -0.4 is 15.5 Å². The van der Waals surface area contributed by atoms with E-state index < -0.39 is 0 Å². The van der Waals surface area contributed by atoms with Gasteiger partial charge in [-0.2, -0.15) is 0 Å². The summed E-state index contributed by atoms with van der Waals surface area (Å²) >= 11 is 0. The Morgan fingerprint density at radius 2 is 2.14 bits per heavy atom. The molecule has 2 aromatic heterocycles. The number of aromatic nitrogens is 2. The van der Waals surface area contributed by atoms with Gasteiger partial charge in [0, 0.05) is 32.0 Å². The number of hydrogen-bond donors (Lipinski definition) is 2. The van der Waals surface area contributed by atoms with Crippen LogP contribution in [0, 0.1) is 0 Å². The van der Waals surface area contributed by atoms with Crippen LogP contribution in [0.1, 0.15) is 25.1 Å². The molecule has 2 aromatic rings. The standard InChI is InChI=1S/C20H28N6O.HI/c1-3-21-20(25-14-18-6-4-5-8-22-18)24-13-17-7-9-23-19(12-17)26-10-11-27-16(2)15-26;/h4-9,12,16H,3,10-11,13-15H2,1-2H3,(H2,21,24,25);1H. The van der Waals surface area contributed by atoms with Crippen molar-refractivity contribution >= 4 is 35.8 Å². The third-order valence-electron chi connectivity index (χ3n) is 4.30. The molecule has 1 aliphatic rings. The van der Waals surface area contributed by atoms with Gasteiger partial charge < -0.3 is 20.3 Å². The van der Waals surface area contributed by atoms with E-state index in [1.165, 1.54) is 0 Å². The van der Waals surface area contributed by atoms with Gasteiger partial charge in [-0.3, -0.25) is 4.98 Å². The summed E-state index contributed by atoms with van der Waals surface area (Å²) in [5.41, 5.74) is 2.12. The zero-order valence-corrected chi connectivity index (χ0v) is 18.8. The minimum Gasteiger partial charge on any atom is -0.375 e. The van der Waals surface area contributed by atoms with E-state index in [2.05, 4.69) is 45.4 Å². The average Bonchev–Trinajstić information content (AvgIpc) is 2.71. The largest absolute Gasteiger partial charge is 0.375 e. The molecule has 0 spiro atoms. The van der Waals surface area contributed by atoms with Crippen LogP contribution in [0.3, 0.4) is 0 Å². The van der Waals surface area contributed by atoms with E-state index in [1.54, 1.807) is 6.20 Å². The van der Waals surface area contributed by atoms with Crippen molar-refractivity contribution in [3.05, 3.63) is 54.0 Å². The molecule has 1 fully saturated rings. The summed E-state index contributed by atoms with van der Waals surface area (Å²) in [6.07, 6.45) is 3.89. The molecule has 7 nitrogen and oxygen atoms in total. The fourth-order valence-corrected chi connectivity index (χ4v) is 2.95. The van der Waals surface area contributed by atoms with Crippen molar-refractivity contribution in [3.8, 4) is 0 Å². The zero-order chi connectivity index (χ0) is 18.9. The van der Waals surface area contributed by atoms with Crippen molar-refractivity contribution in [2.24, 2.45) is 4.99 Å². The smallest absolute Gasteiger partial charge is 0.191 e. The molecule has 1 saturated heterocycles. The second kappa shape index (κ2) is 11.8. The molecule has 152 valence electrons. The van der Waals surface area contributed by atoms with Gasteiger partial charge in [-0.05, 0) is 43.7 Å². The molecule has 0 aliphatic carbocycles. The van der Waals surface area contributed by atoms with Crippen LogP contribution in [0.15, 0.2) is 47.7 Å². The summed E-state index contributed by atoms with van der Waals surface area (Å²) in [5.74, 6) is 1.77. The Morgan fingerprint density at radius 1 is 1.25 bits per heavy atom. The number of nitrogens with zero attached hydrogens (tertiary/aromatic N) is 4. The number of guanidine groups is 1. The molecule has 3 rings (SSSR count). The Morgan fingerprint density at radius 3 is 2.89 bits per heavy atom. The van der Waals surface area contributed by atoms with E-state index in [-0.39, 0.29) is 30.1 Å². The molecule has 0 amide bonds. The summed E-state index contributed by atoms with van der Waals surface area (Å²) in [6, 6.07) is 10.0. The summed E-state index contributed by atoms with van der Waals surface area (Å²) in [6.45, 7) is 8.67. The van der Waals surface area contributed by atoms with E-state index in [4.69, 9.17) is 9.73 Å². The van der Waals surface area contributed by atoms with Crippen LogP contribution in [-0.2, 0) is 17.8 Å². The molecule has 3 heterocycles. The highest BCUT2D eigenvalue weighted by molar-refractivity contribution is 14.0. The highest BCUT2D eigenvalue weighted by atomic mass is 127. The minimum atomic E-state index is 0. The Kier molecular flexibility index (Phi) is 9.42. The quantitative estimate of drug-likeness (QED) is 0.364. The van der Waals surface area contributed by atoms with Crippen LogP contribution in [0.25, 0.3) is 0 Å². The second-order valence-electron chi connectivity index (χ2n) is 6.52. The number of aliphatic imine (C=N–C) groups is 1. The average molecular weight is 496 g/mol. The highest BCUT2D eigenvalue weighted by Gasteiger charge is 2.17. The summed E-state index contributed by atoms with van der Waals surface area (Å²) < 4.78 is 5.62. The number of nitrogens with one attached hydrogen (secondary N) is 2. The molecule has 2 N–H and O–H groups in total. The van der Waals surface area contributed by atoms with Crippen molar-refractivity contribution in [2.75, 3.05) is 31.1 Å². The molecule has 0 bridgehead atoms. The third-order valence-corrected chi connectivity index (χ3v) is 4.30. The Bertz CT molecular complexity index is 742. The normalized spacial score (nSPS) is 17.0. The molecule has 0 aromatic carbocycles. The molecule has 1 aliphatic heterocycles. The number of morpholine rings is 1. The van der Waals surface area contributed by atoms with Crippen LogP contribution in [0.2, 0.25) is 0 Å². The molecular formula is C20H29IN6O. The SMILES string of the molecule is CCNC(=NCc1ccnc(N2CCOC(C)C2)c1)NCc1ccccn1.I. The summed E-state index contributed by atoms with van der Waals surface area (Å²) in [5, 5.41) is 6.60. The van der Waals surface area contributed by atoms with Gasteiger partial charge in [0.05, 0.1) is 31.5 Å². The first-order valence-corrected chi connectivity index (χ1v) is 9.48. The zero-order valence-electron chi connectivity index (χ0n) is 16.5. The fraction of sp³-hybridized carbons (Fsp3) is 0.450. The number of anilines is 1. The maximum absolute atomic E-state index is 5.62. The second-order valence-corrected chi connectivity index (χ2v) is 6.52. The van der Waals surface area contributed by atoms with Crippen molar-refractivity contribution in [1.29, 1.82) is 0 Å². The molecule has 0 radical (unpaired) electrons. The van der Waals surface area contributed by atoms with Crippen molar-refractivity contribution in [3.63, 3.8) is 0 Å². The first-order valence-electron chi connectivity index (χ1n) is 9.48. The van der Waals surface area contributed by atoms with Gasteiger partial charge in [0.25, 0.3) is 0 Å². The first kappa shape index (κ1) is 22.4. The van der Waals surface area contributed by atoms with Crippen LogP contribution >= 0.6 is 24.0 Å². The van der Waals surface area contributed by atoms with E-state index >= 15 is 0 Å². The third kappa shape index (κ3) is 6.90. The molecule has 8 heteroatoms. The van der Waals surface area contributed by atoms with Gasteiger partial charge in [-0.25, -0.2) is 9.98 Å². The van der Waals surface area contributed by atoms with Gasteiger partial charge in [-0.15, -0.1) is 24.0 Å². The molecule has 28 heavy (non-hydrogen) atoms. The lowest BCUT2D eigenvalue weighted by atomic mass is 10.2. The number of ether oxygens (including phenoxy) is 1. The minimum absolute atomic E-state index is 0. The molecular weight excluding hydrogens is 467 g/mol. The monoisotopic (exact) mass is 496 g/mol. The Hall–Kier alpha value is -1.94. The lowest BCUT2D eigenvalue weighted by Gasteiger charge is -2.32.